The highest BCUT2D eigenvalue weighted by molar-refractivity contribution is 9.10. The summed E-state index contributed by atoms with van der Waals surface area (Å²) in [5.41, 5.74) is 7.42. The normalized spacial score (nSPS) is 11.9. The number of pyridine rings is 1. The van der Waals surface area contributed by atoms with Crippen molar-refractivity contribution in [2.24, 2.45) is 0 Å². The molecule has 0 aliphatic heterocycles. The fraction of sp³-hybridized carbons (Fsp3) is 0.321. The van der Waals surface area contributed by atoms with Crippen molar-refractivity contribution in [1.82, 2.24) is 9.38 Å². The SMILES string of the molecule is CC(C)c1cc(C(C)C)c(Sc2c(-c3ccc(Br)cc3)nc3ccccn23)c(C(C)C)c1. The third-order valence-corrected chi connectivity index (χ3v) is 7.67. The average Bonchev–Trinajstić information content (AvgIpc) is 3.12. The highest BCUT2D eigenvalue weighted by Gasteiger charge is 2.22. The van der Waals surface area contributed by atoms with E-state index in [-0.39, 0.29) is 0 Å². The first-order valence-electron chi connectivity index (χ1n) is 11.3. The van der Waals surface area contributed by atoms with E-state index in [2.05, 4.69) is 123 Å². The number of nitrogens with zero attached hydrogens (tertiary/aromatic N) is 2. The molecule has 0 unspecified atom stereocenters. The summed E-state index contributed by atoms with van der Waals surface area (Å²) >= 11 is 5.43. The Morgan fingerprint density at radius 1 is 0.812 bits per heavy atom. The van der Waals surface area contributed by atoms with Gasteiger partial charge in [-0.3, -0.25) is 4.40 Å². The maximum Gasteiger partial charge on any atom is 0.138 e. The summed E-state index contributed by atoms with van der Waals surface area (Å²) in [6.07, 6.45) is 2.12. The molecule has 0 radical (unpaired) electrons. The molecule has 4 heteroatoms. The lowest BCUT2D eigenvalue weighted by molar-refractivity contribution is 0.771. The molecule has 0 bridgehead atoms. The van der Waals surface area contributed by atoms with Crippen molar-refractivity contribution in [3.63, 3.8) is 0 Å². The summed E-state index contributed by atoms with van der Waals surface area (Å²) < 4.78 is 3.31. The van der Waals surface area contributed by atoms with Gasteiger partial charge < -0.3 is 0 Å². The molecule has 2 heterocycles. The Morgan fingerprint density at radius 2 is 1.44 bits per heavy atom. The van der Waals surface area contributed by atoms with Crippen LogP contribution in [0.15, 0.2) is 75.2 Å². The van der Waals surface area contributed by atoms with Gasteiger partial charge in [-0.25, -0.2) is 4.98 Å². The molecular formula is C28H31BrN2S. The van der Waals surface area contributed by atoms with E-state index in [0.29, 0.717) is 17.8 Å². The van der Waals surface area contributed by atoms with E-state index in [1.165, 1.54) is 26.6 Å². The Morgan fingerprint density at radius 3 is 2.00 bits per heavy atom. The number of rotatable bonds is 6. The summed E-state index contributed by atoms with van der Waals surface area (Å²) in [4.78, 5) is 6.41. The van der Waals surface area contributed by atoms with E-state index in [1.807, 2.05) is 11.8 Å². The van der Waals surface area contributed by atoms with Gasteiger partial charge in [0.25, 0.3) is 0 Å². The number of halogens is 1. The minimum absolute atomic E-state index is 0.448. The van der Waals surface area contributed by atoms with Gasteiger partial charge in [-0.15, -0.1) is 0 Å². The molecule has 2 aromatic carbocycles. The van der Waals surface area contributed by atoms with E-state index in [4.69, 9.17) is 4.98 Å². The molecule has 0 aliphatic carbocycles. The van der Waals surface area contributed by atoms with Crippen molar-refractivity contribution in [3.8, 4) is 11.3 Å². The molecule has 0 atom stereocenters. The lowest BCUT2D eigenvalue weighted by Crippen LogP contribution is -2.03. The molecule has 0 saturated heterocycles. The second-order valence-electron chi connectivity index (χ2n) is 9.30. The zero-order chi connectivity index (χ0) is 23.0. The predicted molar refractivity (Wildman–Crippen MR) is 141 cm³/mol. The van der Waals surface area contributed by atoms with Crippen LogP contribution in [0.25, 0.3) is 16.9 Å². The van der Waals surface area contributed by atoms with Crippen LogP contribution >= 0.6 is 27.7 Å². The number of aromatic nitrogens is 2. The molecular weight excluding hydrogens is 476 g/mol. The molecule has 0 amide bonds. The number of hydrogen-bond donors (Lipinski definition) is 0. The van der Waals surface area contributed by atoms with Crippen LogP contribution in [-0.2, 0) is 0 Å². The highest BCUT2D eigenvalue weighted by atomic mass is 79.9. The standard InChI is InChI=1S/C28H31BrN2S/c1-17(2)21-15-23(18(3)4)27(24(16-21)19(5)6)32-28-26(20-10-12-22(29)13-11-20)30-25-9-7-8-14-31(25)28/h7-19H,1-6H3. The molecule has 0 spiro atoms. The quantitative estimate of drug-likeness (QED) is 0.259. The van der Waals surface area contributed by atoms with E-state index in [1.54, 1.807) is 0 Å². The van der Waals surface area contributed by atoms with Crippen LogP contribution in [0.3, 0.4) is 0 Å². The van der Waals surface area contributed by atoms with Crippen LogP contribution in [0.2, 0.25) is 0 Å². The molecule has 0 aliphatic rings. The Bertz CT molecular complexity index is 1210. The van der Waals surface area contributed by atoms with Gasteiger partial charge in [-0.1, -0.05) is 99.6 Å². The first-order valence-corrected chi connectivity index (χ1v) is 13.0. The van der Waals surface area contributed by atoms with Crippen molar-refractivity contribution in [2.75, 3.05) is 0 Å². The van der Waals surface area contributed by atoms with Crippen LogP contribution in [0, 0.1) is 0 Å². The van der Waals surface area contributed by atoms with Crippen LogP contribution in [0.4, 0.5) is 0 Å². The molecule has 4 aromatic rings. The summed E-state index contributed by atoms with van der Waals surface area (Å²) in [5, 5.41) is 1.17. The van der Waals surface area contributed by atoms with Gasteiger partial charge in [-0.2, -0.15) is 0 Å². The largest absolute Gasteiger partial charge is 0.294 e. The summed E-state index contributed by atoms with van der Waals surface area (Å²) in [6, 6.07) is 19.5. The van der Waals surface area contributed by atoms with Crippen LogP contribution in [0.5, 0.6) is 0 Å². The van der Waals surface area contributed by atoms with Crippen molar-refractivity contribution in [3.05, 3.63) is 82.0 Å². The number of hydrogen-bond acceptors (Lipinski definition) is 2. The fourth-order valence-corrected chi connectivity index (χ4v) is 5.77. The molecule has 166 valence electrons. The first kappa shape index (κ1) is 23.1. The Labute approximate surface area is 204 Å². The number of fused-ring (bicyclic) bond motifs is 1. The van der Waals surface area contributed by atoms with Crippen molar-refractivity contribution >= 4 is 33.3 Å². The number of benzene rings is 2. The number of imidazole rings is 1. The van der Waals surface area contributed by atoms with Gasteiger partial charge in [0.2, 0.25) is 0 Å². The van der Waals surface area contributed by atoms with Crippen molar-refractivity contribution < 1.29 is 0 Å². The van der Waals surface area contributed by atoms with Gasteiger partial charge in [0.15, 0.2) is 0 Å². The van der Waals surface area contributed by atoms with Crippen LogP contribution in [0.1, 0.15) is 76.0 Å². The van der Waals surface area contributed by atoms with E-state index < -0.39 is 0 Å². The second kappa shape index (κ2) is 9.44. The van der Waals surface area contributed by atoms with E-state index >= 15 is 0 Å². The minimum Gasteiger partial charge on any atom is -0.294 e. The van der Waals surface area contributed by atoms with Crippen LogP contribution < -0.4 is 0 Å². The molecule has 2 nitrogen and oxygen atoms in total. The zero-order valence-corrected chi connectivity index (χ0v) is 22.1. The smallest absolute Gasteiger partial charge is 0.138 e. The lowest BCUT2D eigenvalue weighted by Gasteiger charge is -2.22. The predicted octanol–water partition coefficient (Wildman–Crippen LogP) is 9.29. The lowest BCUT2D eigenvalue weighted by atomic mass is 9.89. The van der Waals surface area contributed by atoms with Crippen molar-refractivity contribution in [1.29, 1.82) is 0 Å². The highest BCUT2D eigenvalue weighted by Crippen LogP contribution is 2.44. The Balaban J connectivity index is 1.95. The molecule has 0 saturated carbocycles. The molecule has 32 heavy (non-hydrogen) atoms. The monoisotopic (exact) mass is 506 g/mol. The average molecular weight is 508 g/mol. The maximum absolute atomic E-state index is 5.03. The van der Waals surface area contributed by atoms with Gasteiger partial charge in [0.05, 0.1) is 0 Å². The molecule has 0 fully saturated rings. The maximum atomic E-state index is 5.03. The van der Waals surface area contributed by atoms with E-state index in [9.17, 15) is 0 Å². The molecule has 0 N–H and O–H groups in total. The van der Waals surface area contributed by atoms with Gasteiger partial charge in [0.1, 0.15) is 16.4 Å². The van der Waals surface area contributed by atoms with Crippen LogP contribution in [-0.4, -0.2) is 9.38 Å². The first-order chi connectivity index (χ1) is 15.3. The summed E-state index contributed by atoms with van der Waals surface area (Å²) in [7, 11) is 0. The molecule has 2 aromatic heterocycles. The second-order valence-corrected chi connectivity index (χ2v) is 11.2. The Kier molecular flexibility index (Phi) is 6.83. The minimum atomic E-state index is 0.448. The summed E-state index contributed by atoms with van der Waals surface area (Å²) in [5.74, 6) is 1.41. The third kappa shape index (κ3) is 4.53. The third-order valence-electron chi connectivity index (χ3n) is 5.88. The topological polar surface area (TPSA) is 17.3 Å². The van der Waals surface area contributed by atoms with Gasteiger partial charge in [-0.05, 0) is 58.7 Å². The zero-order valence-electron chi connectivity index (χ0n) is 19.7. The summed E-state index contributed by atoms with van der Waals surface area (Å²) in [6.45, 7) is 13.8. The van der Waals surface area contributed by atoms with E-state index in [0.717, 1.165) is 21.4 Å². The Hall–Kier alpha value is -2.04. The molecule has 4 rings (SSSR count). The fourth-order valence-electron chi connectivity index (χ4n) is 3.97. The van der Waals surface area contributed by atoms with Gasteiger partial charge in [0, 0.05) is 21.1 Å². The van der Waals surface area contributed by atoms with Crippen molar-refractivity contribution in [2.45, 2.75) is 69.2 Å². The van der Waals surface area contributed by atoms with Gasteiger partial charge >= 0.3 is 0 Å².